The van der Waals surface area contributed by atoms with Gasteiger partial charge < -0.3 is 25.0 Å². The lowest BCUT2D eigenvalue weighted by Crippen LogP contribution is -2.32. The van der Waals surface area contributed by atoms with Gasteiger partial charge in [-0.15, -0.1) is 0 Å². The minimum absolute atomic E-state index is 0.343. The van der Waals surface area contributed by atoms with Crippen LogP contribution in [0.1, 0.15) is 5.85 Å². The molecule has 9 heteroatoms. The summed E-state index contributed by atoms with van der Waals surface area (Å²) in [7, 11) is -1.11. The van der Waals surface area contributed by atoms with Gasteiger partial charge in [-0.1, -0.05) is 12.2 Å². The highest BCUT2D eigenvalue weighted by molar-refractivity contribution is 7.71. The second-order valence-corrected chi connectivity index (χ2v) is 6.67. The number of nitrogens with zero attached hydrogens (tertiary/aromatic N) is 2. The molecule has 19 heavy (non-hydrogen) atoms. The highest BCUT2D eigenvalue weighted by Crippen LogP contribution is 2.51. The van der Waals surface area contributed by atoms with Crippen LogP contribution < -0.4 is 0 Å². The second-order valence-electron chi connectivity index (χ2n) is 4.28. The summed E-state index contributed by atoms with van der Waals surface area (Å²) in [6.45, 7) is -0.343. The van der Waals surface area contributed by atoms with E-state index >= 15 is 0 Å². The molecule has 102 valence electrons. The number of ether oxygens (including phenoxy) is 1. The zero-order valence-electron chi connectivity index (χ0n) is 9.67. The van der Waals surface area contributed by atoms with Crippen LogP contribution in [0.15, 0.2) is 12.3 Å². The van der Waals surface area contributed by atoms with E-state index in [1.807, 2.05) is 0 Å². The van der Waals surface area contributed by atoms with E-state index in [9.17, 15) is 10.2 Å². The van der Waals surface area contributed by atoms with Crippen molar-refractivity contribution in [1.29, 1.82) is 0 Å². The molecular formula is C10H12N3O4PS. The number of nitrogens with one attached hydrogen (secondary N) is 1. The Labute approximate surface area is 114 Å². The van der Waals surface area contributed by atoms with E-state index in [1.54, 1.807) is 5.93 Å². The molecule has 1 aliphatic heterocycles. The maximum absolute atomic E-state index is 10.0. The van der Waals surface area contributed by atoms with Gasteiger partial charge in [0.15, 0.2) is 0 Å². The van der Waals surface area contributed by atoms with Crippen LogP contribution in [0, 0.1) is 4.64 Å². The Morgan fingerprint density at radius 1 is 1.37 bits per heavy atom. The van der Waals surface area contributed by atoms with E-state index in [4.69, 9.17) is 22.1 Å². The Kier molecular flexibility index (Phi) is 3.38. The Balaban J connectivity index is 2.06. The summed E-state index contributed by atoms with van der Waals surface area (Å²) < 4.78 is 6.00. The molecule has 1 aliphatic rings. The molecule has 3 rings (SSSR count). The molecule has 5 atom stereocenters. The van der Waals surface area contributed by atoms with Crippen molar-refractivity contribution in [3.63, 3.8) is 0 Å². The maximum Gasteiger partial charge on any atom is 0.132 e. The first-order valence-electron chi connectivity index (χ1n) is 5.66. The van der Waals surface area contributed by atoms with Gasteiger partial charge in [0, 0.05) is 0 Å². The van der Waals surface area contributed by atoms with E-state index in [0.717, 1.165) is 0 Å². The lowest BCUT2D eigenvalue weighted by molar-refractivity contribution is -0.0124. The smallest absolute Gasteiger partial charge is 0.132 e. The number of aromatic nitrogens is 3. The number of aliphatic hydroxyl groups is 3. The zero-order chi connectivity index (χ0) is 13.6. The Bertz CT molecular complexity index is 660. The topological polar surface area (TPSA) is 111 Å². The van der Waals surface area contributed by atoms with Crippen molar-refractivity contribution in [1.82, 2.24) is 15.0 Å². The van der Waals surface area contributed by atoms with Gasteiger partial charge in [-0.2, -0.15) is 0 Å². The van der Waals surface area contributed by atoms with Gasteiger partial charge in [-0.25, -0.2) is 9.97 Å². The van der Waals surface area contributed by atoms with Crippen LogP contribution in [0.2, 0.25) is 0 Å². The molecular weight excluding hydrogens is 289 g/mol. The number of H-pyrrole nitrogens is 1. The number of rotatable bonds is 2. The van der Waals surface area contributed by atoms with Gasteiger partial charge >= 0.3 is 0 Å². The molecule has 7 nitrogen and oxygen atoms in total. The summed E-state index contributed by atoms with van der Waals surface area (Å²) in [6, 6.07) is 0. The van der Waals surface area contributed by atoms with Crippen molar-refractivity contribution in [2.75, 3.05) is 6.61 Å². The molecule has 4 N–H and O–H groups in total. The molecule has 0 aromatic carbocycles. The fourth-order valence-corrected chi connectivity index (χ4v) is 4.56. The molecule has 0 amide bonds. The van der Waals surface area contributed by atoms with E-state index in [1.165, 1.54) is 6.33 Å². The van der Waals surface area contributed by atoms with Crippen molar-refractivity contribution in [2.45, 2.75) is 24.2 Å². The lowest BCUT2D eigenvalue weighted by atomic mass is 10.2. The third kappa shape index (κ3) is 2.01. The molecule has 0 radical (unpaired) electrons. The Morgan fingerprint density at radius 2 is 2.16 bits per heavy atom. The summed E-state index contributed by atoms with van der Waals surface area (Å²) >= 11 is 5.11. The minimum Gasteiger partial charge on any atom is -0.394 e. The third-order valence-corrected chi connectivity index (χ3v) is 5.62. The average Bonchev–Trinajstić information content (AvgIpc) is 2.94. The predicted octanol–water partition coefficient (Wildman–Crippen LogP) is 0.285. The van der Waals surface area contributed by atoms with Crippen LogP contribution in [0.4, 0.5) is 0 Å². The fourth-order valence-electron chi connectivity index (χ4n) is 2.16. The normalized spacial score (nSPS) is 32.1. The van der Waals surface area contributed by atoms with E-state index in [2.05, 4.69) is 15.0 Å². The van der Waals surface area contributed by atoms with Crippen LogP contribution >= 0.6 is 19.8 Å². The molecule has 2 aromatic rings. The van der Waals surface area contributed by atoms with Gasteiger partial charge in [0.05, 0.1) is 18.9 Å². The number of hydrogen-bond acceptors (Lipinski definition) is 7. The summed E-state index contributed by atoms with van der Waals surface area (Å²) in [5.41, 5.74) is 0.585. The molecule has 0 aliphatic carbocycles. The van der Waals surface area contributed by atoms with Gasteiger partial charge in [0.25, 0.3) is 0 Å². The summed E-state index contributed by atoms with van der Waals surface area (Å²) in [5, 5.41) is 29.6. The largest absolute Gasteiger partial charge is 0.394 e. The van der Waals surface area contributed by atoms with Crippen molar-refractivity contribution in [2.24, 2.45) is 0 Å². The molecule has 0 bridgehead atoms. The minimum atomic E-state index is -1.11. The number of aliphatic hydroxyl groups excluding tert-OH is 3. The monoisotopic (exact) mass is 301 g/mol. The maximum atomic E-state index is 10.0. The average molecular weight is 301 g/mol. The fraction of sp³-hybridized carbons (Fsp3) is 0.500. The molecule has 1 fully saturated rings. The van der Waals surface area contributed by atoms with Crippen molar-refractivity contribution in [3.8, 4) is 0 Å². The molecule has 0 spiro atoms. The van der Waals surface area contributed by atoms with Crippen LogP contribution in [0.5, 0.6) is 0 Å². The highest BCUT2D eigenvalue weighted by Gasteiger charge is 2.44. The predicted molar refractivity (Wildman–Crippen MR) is 70.4 cm³/mol. The first kappa shape index (κ1) is 13.1. The van der Waals surface area contributed by atoms with E-state index in [-0.39, 0.29) is 6.61 Å². The van der Waals surface area contributed by atoms with E-state index < -0.39 is 31.7 Å². The zero-order valence-corrected chi connectivity index (χ0v) is 11.4. The van der Waals surface area contributed by atoms with Crippen LogP contribution in [-0.2, 0) is 4.74 Å². The van der Waals surface area contributed by atoms with Crippen molar-refractivity contribution in [3.05, 3.63) is 16.9 Å². The Hall–Kier alpha value is -0.890. The van der Waals surface area contributed by atoms with Gasteiger partial charge in [-0.3, -0.25) is 0 Å². The first-order chi connectivity index (χ1) is 9.13. The molecule has 0 saturated carbocycles. The summed E-state index contributed by atoms with van der Waals surface area (Å²) in [4.78, 5) is 11.2. The molecule has 1 saturated heterocycles. The van der Waals surface area contributed by atoms with Crippen LogP contribution in [0.3, 0.4) is 0 Å². The van der Waals surface area contributed by atoms with Gasteiger partial charge in [0.1, 0.15) is 39.6 Å². The summed E-state index contributed by atoms with van der Waals surface area (Å²) in [6.07, 6.45) is -1.47. The van der Waals surface area contributed by atoms with E-state index in [0.29, 0.717) is 15.4 Å². The number of hydrogen-bond donors (Lipinski definition) is 4. The third-order valence-electron chi connectivity index (χ3n) is 3.16. The van der Waals surface area contributed by atoms with Crippen molar-refractivity contribution < 1.29 is 20.1 Å². The highest BCUT2D eigenvalue weighted by atomic mass is 32.1. The second kappa shape index (κ2) is 4.90. The van der Waals surface area contributed by atoms with Gasteiger partial charge in [-0.05, 0) is 7.53 Å². The SMILES string of the molecule is OC[C@H]1O[C@@H](p2cnc3c(=S)[nH]cnc32)[C@H](O)[C@@H]1O. The first-order valence-corrected chi connectivity index (χ1v) is 7.55. The van der Waals surface area contributed by atoms with Crippen molar-refractivity contribution >= 4 is 30.5 Å². The molecule has 3 heterocycles. The standard InChI is InChI=1S/C10H12N3O4PS/c14-1-4-6(15)7(16)10(17-4)18-3-13-5-8(18)11-2-12-9(5)19/h2-4,6-7,10,14-16H,1H2,(H,11,12,19)/t4-,6-,7-,10+,18?/m1/s1. The Morgan fingerprint density at radius 3 is 2.84 bits per heavy atom. The quantitative estimate of drug-likeness (QED) is 0.590. The van der Waals surface area contributed by atoms with Crippen LogP contribution in [0.25, 0.3) is 10.8 Å². The summed E-state index contributed by atoms with van der Waals surface area (Å²) in [5.74, 6) is 1.04. The lowest BCUT2D eigenvalue weighted by Gasteiger charge is -2.13. The number of aromatic amines is 1. The number of fused-ring (bicyclic) bond motifs is 1. The van der Waals surface area contributed by atoms with Gasteiger partial charge in [0.2, 0.25) is 0 Å². The molecule has 2 aromatic heterocycles. The molecule has 1 unspecified atom stereocenters. The van der Waals surface area contributed by atoms with Crippen LogP contribution in [-0.4, -0.2) is 55.2 Å².